The van der Waals surface area contributed by atoms with Crippen molar-refractivity contribution in [3.05, 3.63) is 53.6 Å². The normalized spacial score (nSPS) is 11.5. The van der Waals surface area contributed by atoms with Crippen molar-refractivity contribution in [1.82, 2.24) is 20.4 Å². The summed E-state index contributed by atoms with van der Waals surface area (Å²) < 4.78 is 31.7. The molecule has 8 nitrogen and oxygen atoms in total. The first-order valence-corrected chi connectivity index (χ1v) is 8.51. The van der Waals surface area contributed by atoms with Crippen LogP contribution in [-0.2, 0) is 16.6 Å². The Balaban J connectivity index is 1.74. The molecule has 0 saturated heterocycles. The maximum absolute atomic E-state index is 12.3. The minimum Gasteiger partial charge on any atom is -0.355 e. The van der Waals surface area contributed by atoms with Gasteiger partial charge < -0.3 is 5.32 Å². The van der Waals surface area contributed by atoms with Crippen molar-refractivity contribution in [1.29, 1.82) is 0 Å². The van der Waals surface area contributed by atoms with Crippen LogP contribution in [0, 0.1) is 0 Å². The highest BCUT2D eigenvalue weighted by atomic mass is 32.2. The minimum atomic E-state index is -3.69. The summed E-state index contributed by atoms with van der Waals surface area (Å²) in [6, 6.07) is 10.8. The van der Waals surface area contributed by atoms with Crippen LogP contribution in [0.1, 0.15) is 15.9 Å². The SMILES string of the molecule is CNC(=O)c1ccc(S(=O)(=O)NCc2ccc3nonc3c2)cc1. The lowest BCUT2D eigenvalue weighted by molar-refractivity contribution is 0.0963. The van der Waals surface area contributed by atoms with Crippen molar-refractivity contribution in [2.75, 3.05) is 7.05 Å². The highest BCUT2D eigenvalue weighted by Gasteiger charge is 2.15. The van der Waals surface area contributed by atoms with E-state index in [0.29, 0.717) is 16.6 Å². The Morgan fingerprint density at radius 2 is 1.79 bits per heavy atom. The number of amides is 1. The van der Waals surface area contributed by atoms with Gasteiger partial charge in [-0.2, -0.15) is 0 Å². The third kappa shape index (κ3) is 3.26. The Hall–Kier alpha value is -2.78. The predicted molar refractivity (Wildman–Crippen MR) is 85.7 cm³/mol. The lowest BCUT2D eigenvalue weighted by Crippen LogP contribution is -2.23. The summed E-state index contributed by atoms with van der Waals surface area (Å²) in [5.41, 5.74) is 2.28. The highest BCUT2D eigenvalue weighted by molar-refractivity contribution is 7.89. The van der Waals surface area contributed by atoms with Crippen LogP contribution in [0.2, 0.25) is 0 Å². The predicted octanol–water partition coefficient (Wildman–Crippen LogP) is 1.06. The standard InChI is InChI=1S/C15H14N4O4S/c1-16-15(20)11-3-5-12(6-4-11)24(21,22)17-9-10-2-7-13-14(8-10)19-23-18-13/h2-8,17H,9H2,1H3,(H,16,20). The van der Waals surface area contributed by atoms with E-state index >= 15 is 0 Å². The number of fused-ring (bicyclic) bond motifs is 1. The van der Waals surface area contributed by atoms with Crippen LogP contribution in [-0.4, -0.2) is 31.7 Å². The molecule has 24 heavy (non-hydrogen) atoms. The zero-order valence-electron chi connectivity index (χ0n) is 12.7. The molecule has 0 aliphatic heterocycles. The number of sulfonamides is 1. The van der Waals surface area contributed by atoms with E-state index in [0.717, 1.165) is 5.56 Å². The number of hydrogen-bond donors (Lipinski definition) is 2. The van der Waals surface area contributed by atoms with Crippen molar-refractivity contribution < 1.29 is 17.8 Å². The Kier molecular flexibility index (Phi) is 4.28. The molecule has 2 N–H and O–H groups in total. The molecule has 1 amide bonds. The second-order valence-corrected chi connectivity index (χ2v) is 6.78. The monoisotopic (exact) mass is 346 g/mol. The maximum Gasteiger partial charge on any atom is 0.251 e. The Labute approximate surface area is 137 Å². The zero-order chi connectivity index (χ0) is 17.2. The lowest BCUT2D eigenvalue weighted by atomic mass is 10.2. The quantitative estimate of drug-likeness (QED) is 0.714. The van der Waals surface area contributed by atoms with E-state index in [1.165, 1.54) is 31.3 Å². The number of carbonyl (C=O) groups excluding carboxylic acids is 1. The first kappa shape index (κ1) is 16.1. The van der Waals surface area contributed by atoms with Gasteiger partial charge in [-0.05, 0) is 52.3 Å². The fraction of sp³-hybridized carbons (Fsp3) is 0.133. The number of carbonyl (C=O) groups is 1. The van der Waals surface area contributed by atoms with Gasteiger partial charge in [0, 0.05) is 19.2 Å². The topological polar surface area (TPSA) is 114 Å². The van der Waals surface area contributed by atoms with E-state index in [1.807, 2.05) is 0 Å². The molecule has 0 aliphatic rings. The van der Waals surface area contributed by atoms with Gasteiger partial charge in [0.25, 0.3) is 5.91 Å². The van der Waals surface area contributed by atoms with Crippen LogP contribution in [0.4, 0.5) is 0 Å². The largest absolute Gasteiger partial charge is 0.355 e. The van der Waals surface area contributed by atoms with Gasteiger partial charge >= 0.3 is 0 Å². The van der Waals surface area contributed by atoms with Crippen LogP contribution in [0.15, 0.2) is 52.0 Å². The van der Waals surface area contributed by atoms with Crippen molar-refractivity contribution in [2.24, 2.45) is 0 Å². The fourth-order valence-electron chi connectivity index (χ4n) is 2.13. The summed E-state index contributed by atoms with van der Waals surface area (Å²) in [6.07, 6.45) is 0. The van der Waals surface area contributed by atoms with Crippen LogP contribution in [0.5, 0.6) is 0 Å². The summed E-state index contributed by atoms with van der Waals surface area (Å²) in [7, 11) is -2.18. The molecule has 0 aliphatic carbocycles. The molecule has 0 saturated carbocycles. The Morgan fingerprint density at radius 1 is 1.08 bits per heavy atom. The molecule has 0 unspecified atom stereocenters. The first-order valence-electron chi connectivity index (χ1n) is 7.02. The summed E-state index contributed by atoms with van der Waals surface area (Å²) >= 11 is 0. The second kappa shape index (κ2) is 6.38. The molecule has 0 bridgehead atoms. The van der Waals surface area contributed by atoms with E-state index in [1.54, 1.807) is 18.2 Å². The smallest absolute Gasteiger partial charge is 0.251 e. The number of benzene rings is 2. The summed E-state index contributed by atoms with van der Waals surface area (Å²) in [5.74, 6) is -0.276. The van der Waals surface area contributed by atoms with Gasteiger partial charge in [0.2, 0.25) is 10.0 Å². The van der Waals surface area contributed by atoms with Crippen LogP contribution < -0.4 is 10.0 Å². The van der Waals surface area contributed by atoms with E-state index in [2.05, 4.69) is 25.0 Å². The fourth-order valence-corrected chi connectivity index (χ4v) is 3.15. The molecule has 0 fully saturated rings. The van der Waals surface area contributed by atoms with Gasteiger partial charge in [-0.3, -0.25) is 4.79 Å². The molecule has 0 atom stereocenters. The van der Waals surface area contributed by atoms with Crippen molar-refractivity contribution in [3.8, 4) is 0 Å². The summed E-state index contributed by atoms with van der Waals surface area (Å²) in [6.45, 7) is 0.0995. The van der Waals surface area contributed by atoms with Gasteiger partial charge in [-0.1, -0.05) is 6.07 Å². The number of hydrogen-bond acceptors (Lipinski definition) is 6. The molecule has 0 spiro atoms. The van der Waals surface area contributed by atoms with Crippen LogP contribution in [0.3, 0.4) is 0 Å². The Bertz CT molecular complexity index is 980. The van der Waals surface area contributed by atoms with E-state index in [-0.39, 0.29) is 17.3 Å². The second-order valence-electron chi connectivity index (χ2n) is 5.02. The maximum atomic E-state index is 12.3. The Morgan fingerprint density at radius 3 is 2.50 bits per heavy atom. The average molecular weight is 346 g/mol. The number of aromatic nitrogens is 2. The molecule has 3 rings (SSSR count). The first-order chi connectivity index (χ1) is 11.5. The summed E-state index contributed by atoms with van der Waals surface area (Å²) in [5, 5.41) is 9.88. The zero-order valence-corrected chi connectivity index (χ0v) is 13.5. The third-order valence-corrected chi connectivity index (χ3v) is 4.86. The molecule has 0 radical (unpaired) electrons. The molecule has 2 aromatic carbocycles. The van der Waals surface area contributed by atoms with Gasteiger partial charge in [-0.25, -0.2) is 17.8 Å². The van der Waals surface area contributed by atoms with E-state index in [9.17, 15) is 13.2 Å². The molecule has 1 heterocycles. The van der Waals surface area contributed by atoms with E-state index < -0.39 is 10.0 Å². The molecule has 9 heteroatoms. The molecule has 1 aromatic heterocycles. The minimum absolute atomic E-state index is 0.0827. The van der Waals surface area contributed by atoms with Crippen molar-refractivity contribution >= 4 is 27.0 Å². The molecular weight excluding hydrogens is 332 g/mol. The van der Waals surface area contributed by atoms with Gasteiger partial charge in [0.1, 0.15) is 11.0 Å². The van der Waals surface area contributed by atoms with Crippen LogP contribution in [0.25, 0.3) is 11.0 Å². The highest BCUT2D eigenvalue weighted by Crippen LogP contribution is 2.14. The molecule has 124 valence electrons. The van der Waals surface area contributed by atoms with Gasteiger partial charge in [0.15, 0.2) is 0 Å². The number of rotatable bonds is 5. The van der Waals surface area contributed by atoms with E-state index in [4.69, 9.17) is 0 Å². The van der Waals surface area contributed by atoms with Gasteiger partial charge in [0.05, 0.1) is 4.90 Å². The summed E-state index contributed by atoms with van der Waals surface area (Å²) in [4.78, 5) is 11.6. The van der Waals surface area contributed by atoms with Gasteiger partial charge in [-0.15, -0.1) is 0 Å². The lowest BCUT2D eigenvalue weighted by Gasteiger charge is -2.07. The molecule has 3 aromatic rings. The van der Waals surface area contributed by atoms with Crippen molar-refractivity contribution in [3.63, 3.8) is 0 Å². The average Bonchev–Trinajstić information content (AvgIpc) is 3.07. The van der Waals surface area contributed by atoms with Crippen molar-refractivity contribution in [2.45, 2.75) is 11.4 Å². The number of nitrogens with one attached hydrogen (secondary N) is 2. The van der Waals surface area contributed by atoms with Crippen LogP contribution >= 0.6 is 0 Å². The third-order valence-electron chi connectivity index (χ3n) is 3.44. The number of nitrogens with zero attached hydrogens (tertiary/aromatic N) is 2. The molecular formula is C15H14N4O4S.